The molecule has 0 saturated heterocycles. The van der Waals surface area contributed by atoms with E-state index < -0.39 is 0 Å². The number of benzene rings is 2. The average molecular weight is 298 g/mol. The summed E-state index contributed by atoms with van der Waals surface area (Å²) in [6.45, 7) is 8.73. The fourth-order valence-electron chi connectivity index (χ4n) is 1.97. The molecule has 0 aliphatic carbocycles. The van der Waals surface area contributed by atoms with Gasteiger partial charge in [-0.05, 0) is 28.5 Å². The van der Waals surface area contributed by atoms with Crippen LogP contribution in [0.3, 0.4) is 0 Å². The molecule has 1 N–H and O–H groups in total. The first-order chi connectivity index (χ1) is 10.5. The first-order valence-electron chi connectivity index (χ1n) is 7.72. The molecular formula is C20H26O2. The summed E-state index contributed by atoms with van der Waals surface area (Å²) in [5, 5.41) is 8.77. The van der Waals surface area contributed by atoms with Gasteiger partial charge in [0, 0.05) is 5.56 Å². The molecule has 0 unspecified atom stereocenters. The fraction of sp³-hybridized carbons (Fsp3) is 0.350. The molecule has 0 aromatic heterocycles. The smallest absolute Gasteiger partial charge is 0.150 e. The Labute approximate surface area is 133 Å². The monoisotopic (exact) mass is 298 g/mol. The quantitative estimate of drug-likeness (QED) is 0.813. The molecule has 0 radical (unpaired) electrons. The van der Waals surface area contributed by atoms with E-state index in [1.165, 1.54) is 11.1 Å². The van der Waals surface area contributed by atoms with Crippen LogP contribution < -0.4 is 0 Å². The molecule has 0 fully saturated rings. The number of carbonyl (C=O) groups excluding carboxylic acids is 1. The van der Waals surface area contributed by atoms with Crippen molar-refractivity contribution in [2.45, 2.75) is 46.1 Å². The van der Waals surface area contributed by atoms with Crippen LogP contribution in [0.5, 0.6) is 0 Å². The molecule has 0 spiro atoms. The van der Waals surface area contributed by atoms with Crippen molar-refractivity contribution in [3.8, 4) is 0 Å². The van der Waals surface area contributed by atoms with E-state index in [1.807, 2.05) is 36.4 Å². The lowest BCUT2D eigenvalue weighted by Crippen LogP contribution is -1.88. The molecule has 118 valence electrons. The molecule has 0 saturated carbocycles. The maximum Gasteiger partial charge on any atom is 0.150 e. The van der Waals surface area contributed by atoms with Gasteiger partial charge in [-0.15, -0.1) is 0 Å². The van der Waals surface area contributed by atoms with Crippen molar-refractivity contribution < 1.29 is 9.90 Å². The van der Waals surface area contributed by atoms with Gasteiger partial charge in [0.1, 0.15) is 6.29 Å². The van der Waals surface area contributed by atoms with Gasteiger partial charge >= 0.3 is 0 Å². The fourth-order valence-corrected chi connectivity index (χ4v) is 1.97. The molecule has 2 heteroatoms. The lowest BCUT2D eigenvalue weighted by Gasteiger charge is -2.04. The summed E-state index contributed by atoms with van der Waals surface area (Å²) >= 11 is 0. The minimum Gasteiger partial charge on any atom is -0.392 e. The van der Waals surface area contributed by atoms with Gasteiger partial charge in [-0.2, -0.15) is 0 Å². The number of aliphatic hydroxyl groups is 1. The maximum absolute atomic E-state index is 10.3. The third kappa shape index (κ3) is 5.82. The van der Waals surface area contributed by atoms with Gasteiger partial charge in [0.15, 0.2) is 0 Å². The lowest BCUT2D eigenvalue weighted by molar-refractivity contribution is 0.112. The summed E-state index contributed by atoms with van der Waals surface area (Å²) in [5.74, 6) is 1.11. The zero-order valence-electron chi connectivity index (χ0n) is 13.9. The van der Waals surface area contributed by atoms with Crippen molar-refractivity contribution >= 4 is 6.29 Å². The molecule has 2 nitrogen and oxygen atoms in total. The van der Waals surface area contributed by atoms with Gasteiger partial charge in [-0.3, -0.25) is 4.79 Å². The molecule has 0 atom stereocenters. The molecule has 2 aromatic carbocycles. The summed E-state index contributed by atoms with van der Waals surface area (Å²) < 4.78 is 0. The molecule has 0 heterocycles. The predicted octanol–water partition coefficient (Wildman–Crippen LogP) is 4.92. The van der Waals surface area contributed by atoms with Gasteiger partial charge in [0.25, 0.3) is 0 Å². The highest BCUT2D eigenvalue weighted by Gasteiger charge is 1.97. The summed E-state index contributed by atoms with van der Waals surface area (Å²) in [4.78, 5) is 10.3. The molecule has 0 amide bonds. The molecule has 0 bridgehead atoms. The number of hydrogen-bond donors (Lipinski definition) is 1. The van der Waals surface area contributed by atoms with Crippen LogP contribution in [0.4, 0.5) is 0 Å². The van der Waals surface area contributed by atoms with E-state index >= 15 is 0 Å². The Morgan fingerprint density at radius 2 is 1.23 bits per heavy atom. The molecule has 0 aliphatic heterocycles. The van der Waals surface area contributed by atoms with Crippen LogP contribution in [0.25, 0.3) is 0 Å². The summed E-state index contributed by atoms with van der Waals surface area (Å²) in [6, 6.07) is 15.8. The molecule has 2 aromatic rings. The van der Waals surface area contributed by atoms with Crippen LogP contribution in [-0.2, 0) is 6.61 Å². The normalized spacial score (nSPS) is 10.3. The summed E-state index contributed by atoms with van der Waals surface area (Å²) in [6.07, 6.45) is 0.865. The van der Waals surface area contributed by atoms with Gasteiger partial charge in [0.05, 0.1) is 6.61 Å². The van der Waals surface area contributed by atoms with Crippen LogP contribution in [0.2, 0.25) is 0 Å². The molecule has 0 aliphatic rings. The van der Waals surface area contributed by atoms with Crippen molar-refractivity contribution in [3.63, 3.8) is 0 Å². The van der Waals surface area contributed by atoms with Crippen LogP contribution >= 0.6 is 0 Å². The number of aldehydes is 1. The van der Waals surface area contributed by atoms with Crippen molar-refractivity contribution in [1.82, 2.24) is 0 Å². The SMILES string of the molecule is CC(C)c1ccc(C=O)cc1.CC(C)c1ccc(CO)cc1. The Hall–Kier alpha value is -1.93. The standard InChI is InChI=1S/C10H14O.C10H12O/c2*1-8(2)10-5-3-9(7-11)4-6-10/h3-6,8,11H,7H2,1-2H3;3-8H,1-2H3. The summed E-state index contributed by atoms with van der Waals surface area (Å²) in [5.41, 5.74) is 4.32. The van der Waals surface area contributed by atoms with Crippen molar-refractivity contribution in [2.75, 3.05) is 0 Å². The average Bonchev–Trinajstić information content (AvgIpc) is 2.55. The highest BCUT2D eigenvalue weighted by Crippen LogP contribution is 2.14. The van der Waals surface area contributed by atoms with E-state index in [-0.39, 0.29) is 6.61 Å². The van der Waals surface area contributed by atoms with Crippen molar-refractivity contribution in [3.05, 3.63) is 70.8 Å². The van der Waals surface area contributed by atoms with Gasteiger partial charge in [-0.1, -0.05) is 76.2 Å². The highest BCUT2D eigenvalue weighted by atomic mass is 16.3. The first-order valence-corrected chi connectivity index (χ1v) is 7.72. The van der Waals surface area contributed by atoms with Crippen LogP contribution in [0.1, 0.15) is 66.6 Å². The minimum atomic E-state index is 0.137. The zero-order valence-corrected chi connectivity index (χ0v) is 13.9. The Bertz CT molecular complexity index is 551. The molecular weight excluding hydrogens is 272 g/mol. The minimum absolute atomic E-state index is 0.137. The Morgan fingerprint density at radius 1 is 0.818 bits per heavy atom. The van der Waals surface area contributed by atoms with E-state index in [4.69, 9.17) is 5.11 Å². The van der Waals surface area contributed by atoms with E-state index in [2.05, 4.69) is 39.8 Å². The second-order valence-corrected chi connectivity index (χ2v) is 5.99. The first kappa shape index (κ1) is 18.1. The highest BCUT2D eigenvalue weighted by molar-refractivity contribution is 5.74. The lowest BCUT2D eigenvalue weighted by atomic mass is 10.0. The Kier molecular flexibility index (Phi) is 7.55. The largest absolute Gasteiger partial charge is 0.392 e. The summed E-state index contributed by atoms with van der Waals surface area (Å²) in [7, 11) is 0. The second kappa shape index (κ2) is 9.16. The number of rotatable bonds is 4. The van der Waals surface area contributed by atoms with Crippen molar-refractivity contribution in [1.29, 1.82) is 0 Å². The topological polar surface area (TPSA) is 37.3 Å². The second-order valence-electron chi connectivity index (χ2n) is 5.99. The van der Waals surface area contributed by atoms with Gasteiger partial charge in [0.2, 0.25) is 0 Å². The number of hydrogen-bond acceptors (Lipinski definition) is 2. The number of aliphatic hydroxyl groups excluding tert-OH is 1. The number of carbonyl (C=O) groups is 1. The van der Waals surface area contributed by atoms with Crippen LogP contribution in [0, 0.1) is 0 Å². The van der Waals surface area contributed by atoms with E-state index in [0.717, 1.165) is 17.4 Å². The zero-order chi connectivity index (χ0) is 16.5. The van der Waals surface area contributed by atoms with E-state index in [1.54, 1.807) is 0 Å². The third-order valence-corrected chi connectivity index (χ3v) is 3.57. The van der Waals surface area contributed by atoms with Crippen LogP contribution in [-0.4, -0.2) is 11.4 Å². The third-order valence-electron chi connectivity index (χ3n) is 3.57. The Balaban J connectivity index is 0.000000220. The van der Waals surface area contributed by atoms with Crippen LogP contribution in [0.15, 0.2) is 48.5 Å². The van der Waals surface area contributed by atoms with E-state index in [0.29, 0.717) is 11.8 Å². The predicted molar refractivity (Wildman–Crippen MR) is 92.4 cm³/mol. The van der Waals surface area contributed by atoms with Gasteiger partial charge in [-0.25, -0.2) is 0 Å². The maximum atomic E-state index is 10.3. The molecule has 2 rings (SSSR count). The molecule has 22 heavy (non-hydrogen) atoms. The Morgan fingerprint density at radius 3 is 1.55 bits per heavy atom. The van der Waals surface area contributed by atoms with E-state index in [9.17, 15) is 4.79 Å². The van der Waals surface area contributed by atoms with Gasteiger partial charge < -0.3 is 5.11 Å². The van der Waals surface area contributed by atoms with Crippen molar-refractivity contribution in [2.24, 2.45) is 0 Å².